The molecule has 0 aromatic carbocycles. The molecule has 0 saturated carbocycles. The molecule has 0 saturated heterocycles. The van der Waals surface area contributed by atoms with Gasteiger partial charge in [0.25, 0.3) is 0 Å². The first-order valence-corrected chi connectivity index (χ1v) is 0. The molecule has 60 heavy (non-hydrogen) atoms. The molecule has 0 heterocycles. The minimum atomic E-state index is 0. The summed E-state index contributed by atoms with van der Waals surface area (Å²) < 4.78 is 0. The molecule has 60 heteroatoms. The van der Waals surface area contributed by atoms with E-state index in [1.54, 1.807) is 0 Å². The Kier molecular flexibility index (Phi) is 41800. The van der Waals surface area contributed by atoms with Crippen molar-refractivity contribution in [3.63, 3.8) is 0 Å². The first-order chi connectivity index (χ1) is 0. The first-order valence-electron chi connectivity index (χ1n) is 0. The molecule has 0 atom stereocenters. The summed E-state index contributed by atoms with van der Waals surface area (Å²) in [5.41, 5.74) is 0. The van der Waals surface area contributed by atoms with E-state index in [4.69, 9.17) is 0 Å². The van der Waals surface area contributed by atoms with E-state index in [0.717, 1.165) is 0 Å². The molecule has 414 valence electrons. The SMILES string of the molecule is O.O.O.O.O.O.O.O.O.O.O.O.O.O.O.O.O.O.O.O.O.O.O.O.O.O.O.O.O.O.O.O.O.O.O.O.O.O.O.O.O.[B].[H-].[H-].[H-].[H-].[H-].[H-].[K+].[K+].[K+].[K+].[K+].[K+].[V].[W].[W].[W].[W].[W].[W].[W].[W].[W].[W].[W]. The Morgan fingerprint density at radius 2 is 0.100 bits per heavy atom. The van der Waals surface area contributed by atoms with Gasteiger partial charge in [-0.05, 0) is 0 Å². The van der Waals surface area contributed by atoms with Crippen LogP contribution >= 0.6 is 0 Å². The molecule has 0 aliphatic heterocycles. The van der Waals surface area contributed by atoms with Gasteiger partial charge in [0.2, 0.25) is 0 Å². The normalized spacial score (nSPS) is 0. The smallest absolute Gasteiger partial charge is 1.00 e. The van der Waals surface area contributed by atoms with Crippen molar-refractivity contribution in [1.29, 1.82) is 0 Å². The van der Waals surface area contributed by atoms with Gasteiger partial charge >= 0.3 is 308 Å². The molecule has 0 amide bonds. The van der Waals surface area contributed by atoms with Crippen molar-refractivity contribution in [3.8, 4) is 0 Å². The number of hydrogen-bond donors (Lipinski definition) is 0. The van der Waals surface area contributed by atoms with E-state index in [9.17, 15) is 0 Å². The fourth-order valence-electron chi connectivity index (χ4n) is 0. The summed E-state index contributed by atoms with van der Waals surface area (Å²) in [4.78, 5) is 0. The van der Waals surface area contributed by atoms with Gasteiger partial charge in [-0.15, -0.1) is 0 Å². The van der Waals surface area contributed by atoms with Gasteiger partial charge in [0, 0.05) is 259 Å². The van der Waals surface area contributed by atoms with Crippen LogP contribution in [-0.4, -0.2) is 233 Å². The second-order valence-corrected chi connectivity index (χ2v) is 0. The topological polar surface area (TPSA) is 1290 Å². The van der Waals surface area contributed by atoms with Gasteiger partial charge in [-0.3, -0.25) is 0 Å². The Labute approximate surface area is 779 Å². The Bertz CT molecular complexity index is 110. The molecule has 0 aromatic rings. The van der Waals surface area contributed by atoms with Crippen molar-refractivity contribution in [1.82, 2.24) is 0 Å². The summed E-state index contributed by atoms with van der Waals surface area (Å²) in [5, 5.41) is 0. The molecular formula is H88BK6O41VW11. The molecular weight excluding hydrogens is 2970 g/mol. The maximum Gasteiger partial charge on any atom is 1.00 e. The van der Waals surface area contributed by atoms with Crippen LogP contribution in [0.2, 0.25) is 0 Å². The fraction of sp³-hybridized carbons (Fsp3) is 0. The van der Waals surface area contributed by atoms with E-state index >= 15 is 0 Å². The van der Waals surface area contributed by atoms with Gasteiger partial charge in [0.15, 0.2) is 0 Å². The summed E-state index contributed by atoms with van der Waals surface area (Å²) in [6.07, 6.45) is 0. The van der Waals surface area contributed by atoms with Crippen LogP contribution in [0.25, 0.3) is 0 Å². The van der Waals surface area contributed by atoms with Crippen LogP contribution in [0.15, 0.2) is 0 Å². The molecule has 0 bridgehead atoms. The third-order valence-corrected chi connectivity index (χ3v) is 0. The molecule has 0 unspecified atom stereocenters. The molecule has 0 spiro atoms. The van der Waals surface area contributed by atoms with Crippen molar-refractivity contribution < 1.29 is 792 Å². The Hall–Kier alpha value is 16.4. The summed E-state index contributed by atoms with van der Waals surface area (Å²) in [5.74, 6) is 0. The van der Waals surface area contributed by atoms with Crippen LogP contribution in [0.4, 0.5) is 0 Å². The zero-order valence-corrected chi connectivity index (χ0v) is 84.4. The van der Waals surface area contributed by atoms with Gasteiger partial charge in [0.05, 0.1) is 0 Å². The molecule has 82 N–H and O–H groups in total. The molecule has 0 aromatic heterocycles. The largest absolute Gasteiger partial charge is 1.00 e. The van der Waals surface area contributed by atoms with Crippen LogP contribution in [0, 0.1) is 0 Å². The quantitative estimate of drug-likeness (QED) is 0.204. The second kappa shape index (κ2) is 1550. The van der Waals surface area contributed by atoms with Gasteiger partial charge in [-0.25, -0.2) is 0 Å². The van der Waals surface area contributed by atoms with Gasteiger partial charge in [0.1, 0.15) is 0 Å². The van der Waals surface area contributed by atoms with Crippen LogP contribution in [-0.2, 0) is 250 Å². The second-order valence-electron chi connectivity index (χ2n) is 0. The van der Waals surface area contributed by atoms with E-state index in [0.29, 0.717) is 0 Å². The molecule has 0 aliphatic rings. The fourth-order valence-corrected chi connectivity index (χ4v) is 0. The Morgan fingerprint density at radius 3 is 0.100 bits per heavy atom. The molecule has 41 nitrogen and oxygen atoms in total. The molecule has 0 rings (SSSR count). The van der Waals surface area contributed by atoms with E-state index in [1.807, 2.05) is 0 Å². The molecule has 4 radical (unpaired) electrons. The van der Waals surface area contributed by atoms with Crippen LogP contribution < -0.4 is 308 Å². The van der Waals surface area contributed by atoms with Crippen molar-refractivity contribution in [2.45, 2.75) is 0 Å². The maximum atomic E-state index is 0. The van der Waals surface area contributed by atoms with Gasteiger partial charge in [-0.2, -0.15) is 0 Å². The first kappa shape index (κ1) is 1620. The Balaban J connectivity index is 0. The van der Waals surface area contributed by atoms with Crippen LogP contribution in [0.3, 0.4) is 0 Å². The molecule has 0 aliphatic carbocycles. The summed E-state index contributed by atoms with van der Waals surface area (Å²) >= 11 is 0. The minimum Gasteiger partial charge on any atom is -1.00 e. The summed E-state index contributed by atoms with van der Waals surface area (Å²) in [6, 6.07) is 0. The van der Waals surface area contributed by atoms with Crippen molar-refractivity contribution in [2.75, 3.05) is 0 Å². The average molecular weight is 3060 g/mol. The van der Waals surface area contributed by atoms with Gasteiger partial charge < -0.3 is 233 Å². The minimum absolute atomic E-state index is 0. The predicted molar refractivity (Wildman–Crippen MR) is 161 cm³/mol. The number of rotatable bonds is 0. The van der Waals surface area contributed by atoms with Gasteiger partial charge in [-0.1, -0.05) is 0 Å². The van der Waals surface area contributed by atoms with E-state index < -0.39 is 0 Å². The van der Waals surface area contributed by atoms with Crippen molar-refractivity contribution in [2.24, 2.45) is 0 Å². The maximum absolute atomic E-state index is 0. The standard InChI is InChI=1S/B.6K.41H2O.V.11W.6H/h;;;;;;;41*1H2;;;;;;;;;;;;;;;;;;/q;6*+1;;;;;;;;;;;;;;;;;;;;;;;;;;;;;;;;;;;;;;;;;;;;;;;;;;;;;;6*-1. The third-order valence-electron chi connectivity index (χ3n) is 0. The van der Waals surface area contributed by atoms with E-state index in [-0.39, 0.29) is 800 Å². The van der Waals surface area contributed by atoms with Crippen molar-refractivity contribution in [3.05, 3.63) is 0 Å². The summed E-state index contributed by atoms with van der Waals surface area (Å²) in [7, 11) is 0. The zero-order valence-electron chi connectivity index (χ0n) is 38.0. The van der Waals surface area contributed by atoms with Crippen LogP contribution in [0.5, 0.6) is 0 Å². The van der Waals surface area contributed by atoms with E-state index in [2.05, 4.69) is 0 Å². The van der Waals surface area contributed by atoms with Crippen molar-refractivity contribution >= 4 is 8.41 Å². The van der Waals surface area contributed by atoms with Crippen LogP contribution in [0.1, 0.15) is 8.56 Å². The monoisotopic (exact) mass is 3060 g/mol. The molecule has 0 fully saturated rings. The number of hydrogen-bond acceptors (Lipinski definition) is 0. The Morgan fingerprint density at radius 1 is 0.100 bits per heavy atom. The average Bonchev–Trinajstić information content (AvgIpc) is 0. The predicted octanol–water partition coefficient (Wildman–Crippen LogP) is -51.5. The third kappa shape index (κ3) is 1490. The van der Waals surface area contributed by atoms with E-state index in [1.165, 1.54) is 0 Å². The zero-order chi connectivity index (χ0) is 0. The summed E-state index contributed by atoms with van der Waals surface area (Å²) in [6.45, 7) is 0.